The van der Waals surface area contributed by atoms with Gasteiger partial charge in [0.15, 0.2) is 0 Å². The van der Waals surface area contributed by atoms with Crippen LogP contribution in [0.3, 0.4) is 0 Å². The lowest BCUT2D eigenvalue weighted by molar-refractivity contribution is -0.123. The fraction of sp³-hybridized carbons (Fsp3) is 0.571. The van der Waals surface area contributed by atoms with Gasteiger partial charge in [0.25, 0.3) is 0 Å². The normalized spacial score (nSPS) is 19.3. The van der Waals surface area contributed by atoms with Crippen LogP contribution in [0.5, 0.6) is 0 Å². The van der Waals surface area contributed by atoms with Crippen LogP contribution < -0.4 is 16.3 Å². The summed E-state index contributed by atoms with van der Waals surface area (Å²) in [6, 6.07) is 0. The van der Waals surface area contributed by atoms with Crippen molar-refractivity contribution in [2.75, 3.05) is 0 Å². The van der Waals surface area contributed by atoms with E-state index in [1.807, 2.05) is 0 Å². The van der Waals surface area contributed by atoms with E-state index in [9.17, 15) is 9.59 Å². The molecule has 0 bridgehead atoms. The van der Waals surface area contributed by atoms with Crippen LogP contribution in [-0.4, -0.2) is 17.6 Å². The Bertz CT molecular complexity index is 249. The number of amidine groups is 1. The number of rotatable bonds is 0. The largest absolute Gasteiger partial charge is 0.284 e. The van der Waals surface area contributed by atoms with Gasteiger partial charge in [0.05, 0.1) is 0 Å². The predicted molar refractivity (Wildman–Crippen MR) is 46.4 cm³/mol. The third-order valence-electron chi connectivity index (χ3n) is 1.54. The standard InChI is InChI=1S/C7H12N4O2/c1-5-8-10-6(12)3-2-4-7(13)11-9-5/h2-4H2,1H3,(H,8,9)(H,10,12)(H,11,13). The van der Waals surface area contributed by atoms with Crippen LogP contribution in [0.25, 0.3) is 0 Å². The van der Waals surface area contributed by atoms with Crippen molar-refractivity contribution in [1.29, 1.82) is 0 Å². The van der Waals surface area contributed by atoms with Crippen molar-refractivity contribution in [1.82, 2.24) is 16.3 Å². The molecule has 0 spiro atoms. The molecule has 0 aromatic carbocycles. The summed E-state index contributed by atoms with van der Waals surface area (Å²) in [5.41, 5.74) is 7.36. The van der Waals surface area contributed by atoms with E-state index in [0.717, 1.165) is 0 Å². The van der Waals surface area contributed by atoms with E-state index in [-0.39, 0.29) is 11.8 Å². The quantitative estimate of drug-likeness (QED) is 0.463. The lowest BCUT2D eigenvalue weighted by Gasteiger charge is -2.09. The maximum absolute atomic E-state index is 11.0. The van der Waals surface area contributed by atoms with E-state index < -0.39 is 0 Å². The van der Waals surface area contributed by atoms with E-state index in [4.69, 9.17) is 0 Å². The summed E-state index contributed by atoms with van der Waals surface area (Å²) in [4.78, 5) is 22.0. The predicted octanol–water partition coefficient (Wildman–Crippen LogP) is -0.759. The highest BCUT2D eigenvalue weighted by Crippen LogP contribution is 1.95. The van der Waals surface area contributed by atoms with Crippen molar-refractivity contribution < 1.29 is 9.59 Å². The molecule has 0 unspecified atom stereocenters. The minimum absolute atomic E-state index is 0.135. The van der Waals surface area contributed by atoms with Gasteiger partial charge in [-0.15, -0.1) is 0 Å². The highest BCUT2D eigenvalue weighted by molar-refractivity contribution is 5.86. The summed E-state index contributed by atoms with van der Waals surface area (Å²) in [6.45, 7) is 1.64. The maximum atomic E-state index is 11.0. The Kier molecular flexibility index (Phi) is 3.24. The number of nitrogens with zero attached hydrogens (tertiary/aromatic N) is 1. The minimum atomic E-state index is -0.171. The third kappa shape index (κ3) is 3.55. The molecule has 13 heavy (non-hydrogen) atoms. The average molecular weight is 184 g/mol. The summed E-state index contributed by atoms with van der Waals surface area (Å²) >= 11 is 0. The van der Waals surface area contributed by atoms with Crippen LogP contribution in [0.2, 0.25) is 0 Å². The van der Waals surface area contributed by atoms with E-state index in [1.165, 1.54) is 0 Å². The average Bonchev–Trinajstić information content (AvgIpc) is 2.10. The van der Waals surface area contributed by atoms with Crippen molar-refractivity contribution in [2.45, 2.75) is 26.2 Å². The van der Waals surface area contributed by atoms with Crippen molar-refractivity contribution >= 4 is 17.6 Å². The van der Waals surface area contributed by atoms with Crippen molar-refractivity contribution in [3.8, 4) is 0 Å². The second-order valence-corrected chi connectivity index (χ2v) is 2.76. The molecule has 0 atom stereocenters. The molecule has 0 fully saturated rings. The molecule has 0 radical (unpaired) electrons. The summed E-state index contributed by atoms with van der Waals surface area (Å²) < 4.78 is 0. The molecule has 0 aliphatic carbocycles. The first-order valence-corrected chi connectivity index (χ1v) is 4.06. The van der Waals surface area contributed by atoms with Gasteiger partial charge in [-0.1, -0.05) is 0 Å². The number of hydrogen-bond acceptors (Lipinski definition) is 4. The Morgan fingerprint density at radius 3 is 2.62 bits per heavy atom. The molecule has 72 valence electrons. The lowest BCUT2D eigenvalue weighted by Crippen LogP contribution is -2.42. The molecule has 1 heterocycles. The molecular formula is C7H12N4O2. The first-order chi connectivity index (χ1) is 6.18. The van der Waals surface area contributed by atoms with Gasteiger partial charge in [-0.25, -0.2) is 5.43 Å². The molecular weight excluding hydrogens is 172 g/mol. The molecule has 1 aliphatic rings. The number of carbonyl (C=O) groups is 2. The van der Waals surface area contributed by atoms with Gasteiger partial charge in [0, 0.05) is 12.8 Å². The van der Waals surface area contributed by atoms with Crippen molar-refractivity contribution in [3.63, 3.8) is 0 Å². The summed E-state index contributed by atoms with van der Waals surface area (Å²) in [5, 5.41) is 3.69. The lowest BCUT2D eigenvalue weighted by atomic mass is 10.2. The number of nitrogens with one attached hydrogen (secondary N) is 3. The SMILES string of the molecule is CC1=NNC(=O)CCCC(=O)NN1. The first kappa shape index (κ1) is 9.50. The third-order valence-corrected chi connectivity index (χ3v) is 1.54. The number of hydrazone groups is 1. The van der Waals surface area contributed by atoms with Gasteiger partial charge in [0.2, 0.25) is 11.8 Å². The fourth-order valence-electron chi connectivity index (χ4n) is 0.862. The summed E-state index contributed by atoms with van der Waals surface area (Å²) in [5.74, 6) is 0.142. The van der Waals surface area contributed by atoms with Crippen LogP contribution in [-0.2, 0) is 9.59 Å². The Morgan fingerprint density at radius 1 is 1.15 bits per heavy atom. The Labute approximate surface area is 75.7 Å². The molecule has 6 nitrogen and oxygen atoms in total. The Morgan fingerprint density at radius 2 is 1.85 bits per heavy atom. The van der Waals surface area contributed by atoms with Gasteiger partial charge in [-0.3, -0.25) is 20.4 Å². The molecule has 1 rings (SSSR count). The van der Waals surface area contributed by atoms with Gasteiger partial charge in [0.1, 0.15) is 5.84 Å². The maximum Gasteiger partial charge on any atom is 0.240 e. The molecule has 1 aliphatic heterocycles. The minimum Gasteiger partial charge on any atom is -0.284 e. The smallest absolute Gasteiger partial charge is 0.240 e. The number of hydrogen-bond donors (Lipinski definition) is 3. The van der Waals surface area contributed by atoms with Gasteiger partial charge < -0.3 is 0 Å². The van der Waals surface area contributed by atoms with Gasteiger partial charge in [-0.2, -0.15) is 5.10 Å². The Balaban J connectivity index is 2.56. The first-order valence-electron chi connectivity index (χ1n) is 4.06. The summed E-state index contributed by atoms with van der Waals surface area (Å²) in [6.07, 6.45) is 1.20. The Hall–Kier alpha value is -1.59. The van der Waals surface area contributed by atoms with Crippen molar-refractivity contribution in [2.24, 2.45) is 5.10 Å². The second-order valence-electron chi connectivity index (χ2n) is 2.76. The zero-order valence-electron chi connectivity index (χ0n) is 7.39. The van der Waals surface area contributed by atoms with E-state index in [1.54, 1.807) is 6.92 Å². The van der Waals surface area contributed by atoms with E-state index >= 15 is 0 Å². The van der Waals surface area contributed by atoms with Gasteiger partial charge >= 0.3 is 0 Å². The molecule has 0 saturated heterocycles. The van der Waals surface area contributed by atoms with E-state index in [2.05, 4.69) is 21.4 Å². The zero-order chi connectivity index (χ0) is 9.68. The molecule has 6 heteroatoms. The van der Waals surface area contributed by atoms with Crippen LogP contribution in [0.4, 0.5) is 0 Å². The number of carbonyl (C=O) groups excluding carboxylic acids is 2. The van der Waals surface area contributed by atoms with Crippen LogP contribution in [0, 0.1) is 0 Å². The molecule has 2 amide bonds. The van der Waals surface area contributed by atoms with Crippen molar-refractivity contribution in [3.05, 3.63) is 0 Å². The van der Waals surface area contributed by atoms with Crippen LogP contribution in [0.1, 0.15) is 26.2 Å². The van der Waals surface area contributed by atoms with Gasteiger partial charge in [-0.05, 0) is 13.3 Å². The molecule has 0 saturated carbocycles. The number of amides is 2. The monoisotopic (exact) mass is 184 g/mol. The summed E-state index contributed by atoms with van der Waals surface area (Å²) in [7, 11) is 0. The van der Waals surface area contributed by atoms with Crippen LogP contribution >= 0.6 is 0 Å². The molecule has 0 aromatic heterocycles. The second kappa shape index (κ2) is 4.44. The highest BCUT2D eigenvalue weighted by atomic mass is 16.2. The fourth-order valence-corrected chi connectivity index (χ4v) is 0.862. The number of hydrazine groups is 1. The molecule has 3 N–H and O–H groups in total. The zero-order valence-corrected chi connectivity index (χ0v) is 7.39. The van der Waals surface area contributed by atoms with E-state index in [0.29, 0.717) is 25.1 Å². The van der Waals surface area contributed by atoms with Crippen LogP contribution in [0.15, 0.2) is 5.10 Å². The topological polar surface area (TPSA) is 82.6 Å². The highest BCUT2D eigenvalue weighted by Gasteiger charge is 2.06. The molecule has 0 aromatic rings.